The van der Waals surface area contributed by atoms with E-state index in [-0.39, 0.29) is 0 Å². The molecule has 3 fully saturated rings. The molecule has 3 aliphatic heterocycles. The summed E-state index contributed by atoms with van der Waals surface area (Å²) in [6, 6.07) is 0. The van der Waals surface area contributed by atoms with Gasteiger partial charge in [0.1, 0.15) is 79.9 Å². The Morgan fingerprint density at radius 1 is 0.576 bits per heavy atom. The van der Waals surface area contributed by atoms with Crippen LogP contribution in [-0.4, -0.2) is 166 Å². The highest BCUT2D eigenvalue weighted by molar-refractivity contribution is 5.24. The Balaban J connectivity index is 2.11. The van der Waals surface area contributed by atoms with E-state index in [4.69, 9.17) is 14.2 Å². The van der Waals surface area contributed by atoms with E-state index in [1.165, 1.54) is 0 Å². The summed E-state index contributed by atoms with van der Waals surface area (Å²) < 4.78 is 15.7. The molecule has 0 bridgehead atoms. The van der Waals surface area contributed by atoms with Gasteiger partial charge in [0.15, 0.2) is 11.2 Å². The second-order valence-electron chi connectivity index (χ2n) is 8.57. The Kier molecular flexibility index (Phi) is 8.02. The molecule has 12 N–H and O–H groups in total. The lowest BCUT2D eigenvalue weighted by Crippen LogP contribution is -2.83. The predicted octanol–water partition coefficient (Wildman–Crippen LogP) is -7.95. The van der Waals surface area contributed by atoms with Crippen LogP contribution < -0.4 is 0 Å². The van der Waals surface area contributed by atoms with Gasteiger partial charge in [0, 0.05) is 0 Å². The van der Waals surface area contributed by atoms with Gasteiger partial charge in [0.25, 0.3) is 0 Å². The molecule has 3 saturated heterocycles. The van der Waals surface area contributed by atoms with E-state index in [1.807, 2.05) is 0 Å². The first-order valence-corrected chi connectivity index (χ1v) is 10.2. The quantitative estimate of drug-likeness (QED) is 0.172. The number of aliphatic hydroxyl groups excluding tert-OH is 10. The normalized spacial score (nSPS) is 56.0. The first-order chi connectivity index (χ1) is 15.4. The fourth-order valence-corrected chi connectivity index (χ4v) is 4.65. The van der Waals surface area contributed by atoms with Gasteiger partial charge in [-0.2, -0.15) is 0 Å². The summed E-state index contributed by atoms with van der Waals surface area (Å²) in [5.41, 5.74) is -6.29. The van der Waals surface area contributed by atoms with Gasteiger partial charge in [-0.3, -0.25) is 0 Å². The summed E-state index contributed by atoms with van der Waals surface area (Å²) in [5.74, 6) is 0. The van der Waals surface area contributed by atoms with Crippen LogP contribution in [0.2, 0.25) is 0 Å². The number of ether oxygens (including phenoxy) is 3. The van der Waals surface area contributed by atoms with E-state index < -0.39 is 104 Å². The summed E-state index contributed by atoms with van der Waals surface area (Å²) in [6.45, 7) is -2.30. The van der Waals surface area contributed by atoms with Crippen molar-refractivity contribution in [3.63, 3.8) is 0 Å². The van der Waals surface area contributed by atoms with Crippen LogP contribution in [0.5, 0.6) is 0 Å². The predicted molar refractivity (Wildman–Crippen MR) is 99.7 cm³/mol. The fourth-order valence-electron chi connectivity index (χ4n) is 4.65. The molecule has 0 aliphatic carbocycles. The fraction of sp³-hybridized carbons (Fsp3) is 0.944. The maximum absolute atomic E-state index is 11.7. The molecule has 15 heteroatoms. The number of hydrogen-bond donors (Lipinski definition) is 12. The van der Waals surface area contributed by atoms with Gasteiger partial charge < -0.3 is 75.5 Å². The Labute approximate surface area is 187 Å². The Bertz CT molecular complexity index is 665. The van der Waals surface area contributed by atoms with Crippen molar-refractivity contribution in [3.8, 4) is 0 Å². The first kappa shape index (κ1) is 27.0. The molecule has 0 aromatic rings. The summed E-state index contributed by atoms with van der Waals surface area (Å²) in [4.78, 5) is 0. The van der Waals surface area contributed by atoms with Crippen molar-refractivity contribution in [1.82, 2.24) is 0 Å². The van der Waals surface area contributed by atoms with Gasteiger partial charge in [-0.15, -0.1) is 0 Å². The van der Waals surface area contributed by atoms with Crippen LogP contribution in [0.4, 0.5) is 0 Å². The lowest BCUT2D eigenvalue weighted by atomic mass is 9.64. The largest absolute Gasteiger partial charge is 0.394 e. The first-order valence-electron chi connectivity index (χ1n) is 10.2. The Morgan fingerprint density at radius 2 is 1.00 bits per heavy atom. The van der Waals surface area contributed by atoms with Crippen LogP contribution in [0.1, 0.15) is 0 Å². The van der Waals surface area contributed by atoms with Gasteiger partial charge >= 0.3 is 0 Å². The zero-order valence-corrected chi connectivity index (χ0v) is 17.2. The lowest BCUT2D eigenvalue weighted by Gasteiger charge is -2.60. The van der Waals surface area contributed by atoms with Gasteiger partial charge in [-0.1, -0.05) is 0 Å². The number of aliphatic hydroxyl groups is 12. The molecule has 0 spiro atoms. The smallest absolute Gasteiger partial charge is 0.156 e. The summed E-state index contributed by atoms with van der Waals surface area (Å²) in [6.07, 6.45) is -23.6. The zero-order valence-electron chi connectivity index (χ0n) is 17.2. The van der Waals surface area contributed by atoms with Crippen molar-refractivity contribution < 1.29 is 75.5 Å². The molecule has 0 aromatic heterocycles. The number of rotatable bonds is 5. The van der Waals surface area contributed by atoms with Gasteiger partial charge in [0.2, 0.25) is 0 Å². The number of hydrogen-bond acceptors (Lipinski definition) is 15. The van der Waals surface area contributed by atoms with Crippen molar-refractivity contribution >= 4 is 0 Å². The van der Waals surface area contributed by atoms with Crippen LogP contribution in [-0.2, 0) is 14.2 Å². The van der Waals surface area contributed by atoms with Crippen molar-refractivity contribution in [2.24, 2.45) is 0 Å². The average Bonchev–Trinajstić information content (AvgIpc) is 2.80. The van der Waals surface area contributed by atoms with E-state index in [9.17, 15) is 61.3 Å². The van der Waals surface area contributed by atoms with Crippen LogP contribution in [0.3, 0.4) is 0 Å². The highest BCUT2D eigenvalue weighted by atomic mass is 16.6. The van der Waals surface area contributed by atoms with Crippen molar-refractivity contribution in [3.05, 3.63) is 6.61 Å². The second-order valence-corrected chi connectivity index (χ2v) is 8.57. The van der Waals surface area contributed by atoms with Gasteiger partial charge in [-0.05, 0) is 0 Å². The third kappa shape index (κ3) is 4.00. The molecule has 14 atom stereocenters. The van der Waals surface area contributed by atoms with Gasteiger partial charge in [-0.25, -0.2) is 0 Å². The minimum absolute atomic E-state index is 0.453. The molecule has 0 amide bonds. The molecule has 0 saturated carbocycles. The standard InChI is InChI=1S/C18H31O15/c19-1-5-8(22)10(24)12(26)15(32-5)17(29)4-31-7(3-21)14(28)18(17,30)16-13(27)11(25)9(23)6(2-20)33-16/h4-16,19-30H,1-3H2/t5-,6+,7+,8-,9+,10+,11-,12-,13+,14+,15-,16+,17+,18+/m0/s1. The minimum atomic E-state index is -3.19. The highest BCUT2D eigenvalue weighted by Gasteiger charge is 2.73. The van der Waals surface area contributed by atoms with Crippen molar-refractivity contribution in [2.45, 2.75) is 84.4 Å². The highest BCUT2D eigenvalue weighted by Crippen LogP contribution is 2.48. The van der Waals surface area contributed by atoms with Crippen molar-refractivity contribution in [1.29, 1.82) is 0 Å². The minimum Gasteiger partial charge on any atom is -0.394 e. The molecule has 0 aromatic carbocycles. The molecule has 1 radical (unpaired) electrons. The van der Waals surface area contributed by atoms with E-state index >= 15 is 0 Å². The average molecular weight is 487 g/mol. The molecule has 3 aliphatic rings. The zero-order chi connectivity index (χ0) is 24.9. The summed E-state index contributed by atoms with van der Waals surface area (Å²) in [5, 5.41) is 124. The van der Waals surface area contributed by atoms with E-state index in [0.29, 0.717) is 6.61 Å². The van der Waals surface area contributed by atoms with E-state index in [2.05, 4.69) is 0 Å². The summed E-state index contributed by atoms with van der Waals surface area (Å²) in [7, 11) is 0. The Hall–Kier alpha value is -0.600. The topological polar surface area (TPSA) is 270 Å². The Morgan fingerprint density at radius 3 is 1.45 bits per heavy atom. The maximum Gasteiger partial charge on any atom is 0.156 e. The van der Waals surface area contributed by atoms with Gasteiger partial charge in [0.05, 0.1) is 19.8 Å². The van der Waals surface area contributed by atoms with E-state index in [0.717, 1.165) is 0 Å². The molecular weight excluding hydrogens is 456 g/mol. The van der Waals surface area contributed by atoms with Crippen molar-refractivity contribution in [2.75, 3.05) is 19.8 Å². The molecule has 15 nitrogen and oxygen atoms in total. The van der Waals surface area contributed by atoms with Crippen LogP contribution in [0.15, 0.2) is 0 Å². The van der Waals surface area contributed by atoms with Crippen LogP contribution in [0, 0.1) is 6.61 Å². The third-order valence-corrected chi connectivity index (χ3v) is 6.70. The molecule has 3 rings (SSSR count). The molecule has 193 valence electrons. The molecule has 3 heterocycles. The molecule has 0 unspecified atom stereocenters. The third-order valence-electron chi connectivity index (χ3n) is 6.70. The molecule has 33 heavy (non-hydrogen) atoms. The monoisotopic (exact) mass is 487 g/mol. The summed E-state index contributed by atoms with van der Waals surface area (Å²) >= 11 is 0. The molecular formula is C18H31O15. The second kappa shape index (κ2) is 9.81. The van der Waals surface area contributed by atoms with Crippen LogP contribution in [0.25, 0.3) is 0 Å². The maximum atomic E-state index is 11.7. The SMILES string of the molecule is OC[C@@H]1O[C@H]([C@]2(O)[CH]O[C@H](CO)[C@@H](O)[C@@]2(O)[C@@H]2O[C@H](CO)[C@@H](O)[C@H](O)[C@H]2O)[C@@H](O)[C@H](O)[C@H]1O. The lowest BCUT2D eigenvalue weighted by molar-refractivity contribution is -0.379. The van der Waals surface area contributed by atoms with E-state index in [1.54, 1.807) is 0 Å². The van der Waals surface area contributed by atoms with Crippen LogP contribution >= 0.6 is 0 Å².